The van der Waals surface area contributed by atoms with Crippen LogP contribution in [0.15, 0.2) is 40.2 Å². The SMILES string of the molecule is OC(c1ccc(Br)s1)C1CCCc2ccccc21. The van der Waals surface area contributed by atoms with Gasteiger partial charge in [0.15, 0.2) is 0 Å². The number of fused-ring (bicyclic) bond motifs is 1. The van der Waals surface area contributed by atoms with E-state index >= 15 is 0 Å². The smallest absolute Gasteiger partial charge is 0.0950 e. The average molecular weight is 323 g/mol. The molecule has 0 saturated heterocycles. The summed E-state index contributed by atoms with van der Waals surface area (Å²) >= 11 is 5.09. The van der Waals surface area contributed by atoms with Crippen LogP contribution in [-0.4, -0.2) is 5.11 Å². The average Bonchev–Trinajstić information content (AvgIpc) is 2.84. The molecule has 3 rings (SSSR count). The van der Waals surface area contributed by atoms with E-state index < -0.39 is 0 Å². The summed E-state index contributed by atoms with van der Waals surface area (Å²) in [6.07, 6.45) is 3.02. The topological polar surface area (TPSA) is 20.2 Å². The first kappa shape index (κ1) is 12.4. The van der Waals surface area contributed by atoms with Crippen LogP contribution in [0.1, 0.15) is 40.9 Å². The number of hydrogen-bond acceptors (Lipinski definition) is 2. The molecule has 1 aliphatic rings. The molecule has 3 heteroatoms. The van der Waals surface area contributed by atoms with Crippen LogP contribution in [0.3, 0.4) is 0 Å². The minimum absolute atomic E-state index is 0.250. The third kappa shape index (κ3) is 2.27. The summed E-state index contributed by atoms with van der Waals surface area (Å²) in [5.41, 5.74) is 2.74. The molecule has 1 aromatic heterocycles. The fourth-order valence-corrected chi connectivity index (χ4v) is 4.28. The fourth-order valence-electron chi connectivity index (χ4n) is 2.80. The molecule has 1 nitrogen and oxygen atoms in total. The first-order valence-electron chi connectivity index (χ1n) is 6.27. The normalized spacial score (nSPS) is 20.4. The Morgan fingerprint density at radius 3 is 2.83 bits per heavy atom. The van der Waals surface area contributed by atoms with E-state index in [1.165, 1.54) is 17.5 Å². The standard InChI is InChI=1S/C15H15BrOS/c16-14-9-8-13(18-14)15(17)12-7-3-5-10-4-1-2-6-11(10)12/h1-2,4,6,8-9,12,15,17H,3,5,7H2. The van der Waals surface area contributed by atoms with Crippen molar-refractivity contribution in [1.29, 1.82) is 0 Å². The Labute approximate surface area is 120 Å². The van der Waals surface area contributed by atoms with E-state index in [1.807, 2.05) is 12.1 Å². The minimum atomic E-state index is -0.372. The summed E-state index contributed by atoms with van der Waals surface area (Å²) in [7, 11) is 0. The van der Waals surface area contributed by atoms with E-state index in [-0.39, 0.29) is 12.0 Å². The van der Waals surface area contributed by atoms with Gasteiger partial charge in [-0.25, -0.2) is 0 Å². The molecular weight excluding hydrogens is 308 g/mol. The van der Waals surface area contributed by atoms with E-state index in [1.54, 1.807) is 11.3 Å². The molecule has 1 heterocycles. The van der Waals surface area contributed by atoms with E-state index in [9.17, 15) is 5.11 Å². The van der Waals surface area contributed by atoms with Gasteiger partial charge in [0.05, 0.1) is 9.89 Å². The molecule has 94 valence electrons. The highest BCUT2D eigenvalue weighted by Crippen LogP contribution is 2.42. The van der Waals surface area contributed by atoms with Gasteiger partial charge in [0.2, 0.25) is 0 Å². The van der Waals surface area contributed by atoms with Crippen molar-refractivity contribution < 1.29 is 5.11 Å². The van der Waals surface area contributed by atoms with Gasteiger partial charge >= 0.3 is 0 Å². The maximum absolute atomic E-state index is 10.6. The monoisotopic (exact) mass is 322 g/mol. The molecule has 0 bridgehead atoms. The lowest BCUT2D eigenvalue weighted by Gasteiger charge is -2.28. The van der Waals surface area contributed by atoms with Crippen LogP contribution in [0.4, 0.5) is 0 Å². The molecule has 2 unspecified atom stereocenters. The van der Waals surface area contributed by atoms with Crippen LogP contribution < -0.4 is 0 Å². The van der Waals surface area contributed by atoms with Gasteiger partial charge in [-0.2, -0.15) is 0 Å². The van der Waals surface area contributed by atoms with Crippen molar-refractivity contribution in [2.75, 3.05) is 0 Å². The van der Waals surface area contributed by atoms with Crippen molar-refractivity contribution in [1.82, 2.24) is 0 Å². The van der Waals surface area contributed by atoms with Crippen molar-refractivity contribution >= 4 is 27.3 Å². The number of thiophene rings is 1. The molecule has 0 saturated carbocycles. The largest absolute Gasteiger partial charge is 0.387 e. The van der Waals surface area contributed by atoms with E-state index in [4.69, 9.17) is 0 Å². The first-order valence-corrected chi connectivity index (χ1v) is 7.88. The molecule has 1 aliphatic carbocycles. The molecule has 1 N–H and O–H groups in total. The van der Waals surface area contributed by atoms with Gasteiger partial charge in [-0.05, 0) is 58.5 Å². The summed E-state index contributed by atoms with van der Waals surface area (Å²) in [4.78, 5) is 1.06. The number of aryl methyl sites for hydroxylation is 1. The van der Waals surface area contributed by atoms with E-state index in [2.05, 4.69) is 40.2 Å². The predicted molar refractivity (Wildman–Crippen MR) is 79.1 cm³/mol. The van der Waals surface area contributed by atoms with Gasteiger partial charge in [0.1, 0.15) is 0 Å². The quantitative estimate of drug-likeness (QED) is 0.852. The fraction of sp³-hybridized carbons (Fsp3) is 0.333. The molecule has 18 heavy (non-hydrogen) atoms. The van der Waals surface area contributed by atoms with Crippen molar-refractivity contribution in [2.45, 2.75) is 31.3 Å². The Morgan fingerprint density at radius 2 is 2.06 bits per heavy atom. The second-order valence-electron chi connectivity index (χ2n) is 4.78. The van der Waals surface area contributed by atoms with Crippen LogP contribution in [0.25, 0.3) is 0 Å². The number of hydrogen-bond donors (Lipinski definition) is 1. The molecule has 0 radical (unpaired) electrons. The second kappa shape index (κ2) is 5.16. The van der Waals surface area contributed by atoms with E-state index in [0.717, 1.165) is 21.5 Å². The third-order valence-corrected chi connectivity index (χ3v) is 5.38. The predicted octanol–water partition coefficient (Wildman–Crippen LogP) is 4.66. The van der Waals surface area contributed by atoms with E-state index in [0.29, 0.717) is 0 Å². The summed E-state index contributed by atoms with van der Waals surface area (Å²) in [6.45, 7) is 0. The Morgan fingerprint density at radius 1 is 1.22 bits per heavy atom. The van der Waals surface area contributed by atoms with Crippen molar-refractivity contribution in [3.05, 3.63) is 56.2 Å². The highest BCUT2D eigenvalue weighted by atomic mass is 79.9. The lowest BCUT2D eigenvalue weighted by Crippen LogP contribution is -2.16. The Kier molecular flexibility index (Phi) is 3.55. The molecule has 0 amide bonds. The van der Waals surface area contributed by atoms with Crippen LogP contribution >= 0.6 is 27.3 Å². The number of aliphatic hydroxyl groups is 1. The number of aliphatic hydroxyl groups excluding tert-OH is 1. The van der Waals surface area contributed by atoms with Gasteiger partial charge in [-0.1, -0.05) is 24.3 Å². The third-order valence-electron chi connectivity index (χ3n) is 3.68. The van der Waals surface area contributed by atoms with Gasteiger partial charge in [-0.15, -0.1) is 11.3 Å². The number of benzene rings is 1. The van der Waals surface area contributed by atoms with Gasteiger partial charge in [0, 0.05) is 10.8 Å². The maximum Gasteiger partial charge on any atom is 0.0950 e. The van der Waals surface area contributed by atoms with Crippen LogP contribution in [0, 0.1) is 0 Å². The summed E-state index contributed by atoms with van der Waals surface area (Å²) in [6, 6.07) is 12.6. The summed E-state index contributed by atoms with van der Waals surface area (Å²) in [5.74, 6) is 0.250. The van der Waals surface area contributed by atoms with Crippen LogP contribution in [0.5, 0.6) is 0 Å². The molecule has 0 aliphatic heterocycles. The molecule has 1 aromatic carbocycles. The van der Waals surface area contributed by atoms with Gasteiger partial charge < -0.3 is 5.11 Å². The molecule has 2 atom stereocenters. The van der Waals surface area contributed by atoms with Gasteiger partial charge in [0.25, 0.3) is 0 Å². The zero-order chi connectivity index (χ0) is 12.5. The van der Waals surface area contributed by atoms with Crippen LogP contribution in [0.2, 0.25) is 0 Å². The summed E-state index contributed by atoms with van der Waals surface area (Å²) < 4.78 is 1.08. The number of rotatable bonds is 2. The zero-order valence-electron chi connectivity index (χ0n) is 9.97. The minimum Gasteiger partial charge on any atom is -0.387 e. The van der Waals surface area contributed by atoms with Gasteiger partial charge in [-0.3, -0.25) is 0 Å². The van der Waals surface area contributed by atoms with Crippen molar-refractivity contribution in [3.63, 3.8) is 0 Å². The summed E-state index contributed by atoms with van der Waals surface area (Å²) in [5, 5.41) is 10.6. The maximum atomic E-state index is 10.6. The van der Waals surface area contributed by atoms with Crippen LogP contribution in [-0.2, 0) is 6.42 Å². The molecular formula is C15H15BrOS. The Hall–Kier alpha value is -0.640. The Bertz CT molecular complexity index is 549. The lowest BCUT2D eigenvalue weighted by atomic mass is 9.79. The number of halogens is 1. The molecule has 0 fully saturated rings. The highest BCUT2D eigenvalue weighted by Gasteiger charge is 2.28. The first-order chi connectivity index (χ1) is 8.75. The molecule has 2 aromatic rings. The second-order valence-corrected chi connectivity index (χ2v) is 7.28. The lowest BCUT2D eigenvalue weighted by molar-refractivity contribution is 0.139. The highest BCUT2D eigenvalue weighted by molar-refractivity contribution is 9.11. The Balaban J connectivity index is 1.94. The van der Waals surface area contributed by atoms with Crippen molar-refractivity contribution in [2.24, 2.45) is 0 Å². The molecule has 0 spiro atoms. The zero-order valence-corrected chi connectivity index (χ0v) is 12.4. The van der Waals surface area contributed by atoms with Crippen molar-refractivity contribution in [3.8, 4) is 0 Å².